The van der Waals surface area contributed by atoms with Gasteiger partial charge >= 0.3 is 11.9 Å². The number of aliphatic carboxylic acids is 2. The zero-order valence-electron chi connectivity index (χ0n) is 12.6. The molecule has 0 spiro atoms. The lowest BCUT2D eigenvalue weighted by Crippen LogP contribution is -2.49. The molecule has 2 saturated carbocycles. The van der Waals surface area contributed by atoms with E-state index in [1.165, 1.54) is 6.42 Å². The van der Waals surface area contributed by atoms with Gasteiger partial charge in [-0.25, -0.2) is 0 Å². The van der Waals surface area contributed by atoms with Gasteiger partial charge in [0.2, 0.25) is 0 Å². The van der Waals surface area contributed by atoms with E-state index in [1.54, 1.807) is 0 Å². The molecule has 6 heteroatoms. The second-order valence-corrected chi connectivity index (χ2v) is 6.28. The van der Waals surface area contributed by atoms with Crippen LogP contribution < -0.4 is 11.5 Å². The van der Waals surface area contributed by atoms with E-state index in [9.17, 15) is 9.59 Å². The lowest BCUT2D eigenvalue weighted by Gasteiger charge is -2.28. The molecule has 2 fully saturated rings. The van der Waals surface area contributed by atoms with Crippen molar-refractivity contribution in [3.63, 3.8) is 0 Å². The van der Waals surface area contributed by atoms with Gasteiger partial charge < -0.3 is 21.7 Å². The summed E-state index contributed by atoms with van der Waals surface area (Å²) in [4.78, 5) is 21.0. The van der Waals surface area contributed by atoms with Crippen molar-refractivity contribution in [3.05, 3.63) is 0 Å². The van der Waals surface area contributed by atoms with Crippen LogP contribution in [0.4, 0.5) is 0 Å². The molecule has 0 bridgehead atoms. The van der Waals surface area contributed by atoms with Crippen LogP contribution in [0.2, 0.25) is 0 Å². The van der Waals surface area contributed by atoms with Gasteiger partial charge in [-0.05, 0) is 31.6 Å². The molecule has 0 radical (unpaired) electrons. The van der Waals surface area contributed by atoms with E-state index < -0.39 is 23.5 Å². The second-order valence-electron chi connectivity index (χ2n) is 6.28. The standard InChI is InChI=1S/C8H15NO2.C7H13NO2/c9-7(8(10)11)6-4-2-1-3-5-6;8-7(6(9)10)4-2-1-3-5-7/h6-7H,1-5,9H2,(H,10,11);1-5,8H2,(H,9,10). The Kier molecular flexibility index (Phi) is 7.11. The number of carboxylic acids is 2. The van der Waals surface area contributed by atoms with Crippen molar-refractivity contribution in [2.45, 2.75) is 75.8 Å². The van der Waals surface area contributed by atoms with Crippen LogP contribution in [0, 0.1) is 5.92 Å². The van der Waals surface area contributed by atoms with Gasteiger partial charge in [-0.3, -0.25) is 9.59 Å². The summed E-state index contributed by atoms with van der Waals surface area (Å²) in [5.41, 5.74) is 10.2. The van der Waals surface area contributed by atoms with Crippen LogP contribution in [-0.2, 0) is 9.59 Å². The van der Waals surface area contributed by atoms with Gasteiger partial charge in [0.1, 0.15) is 11.6 Å². The minimum atomic E-state index is -0.905. The molecule has 0 aromatic heterocycles. The van der Waals surface area contributed by atoms with E-state index in [0.29, 0.717) is 12.8 Å². The first kappa shape index (κ1) is 17.9. The predicted molar refractivity (Wildman–Crippen MR) is 79.8 cm³/mol. The zero-order valence-corrected chi connectivity index (χ0v) is 12.6. The van der Waals surface area contributed by atoms with Crippen LogP contribution in [0.15, 0.2) is 0 Å². The Morgan fingerprint density at radius 2 is 1.43 bits per heavy atom. The van der Waals surface area contributed by atoms with Crippen molar-refractivity contribution in [3.8, 4) is 0 Å². The third kappa shape index (κ3) is 5.63. The Balaban J connectivity index is 0.000000211. The highest BCUT2D eigenvalue weighted by Crippen LogP contribution is 2.26. The fourth-order valence-corrected chi connectivity index (χ4v) is 3.09. The Morgan fingerprint density at radius 3 is 1.81 bits per heavy atom. The van der Waals surface area contributed by atoms with E-state index in [-0.39, 0.29) is 5.92 Å². The average Bonchev–Trinajstić information content (AvgIpc) is 2.48. The fourth-order valence-electron chi connectivity index (χ4n) is 3.09. The van der Waals surface area contributed by atoms with Crippen molar-refractivity contribution in [1.29, 1.82) is 0 Å². The summed E-state index contributed by atoms with van der Waals surface area (Å²) in [6.07, 6.45) is 9.85. The largest absolute Gasteiger partial charge is 0.480 e. The van der Waals surface area contributed by atoms with Crippen LogP contribution in [0.3, 0.4) is 0 Å². The predicted octanol–water partition coefficient (Wildman–Crippen LogP) is 1.71. The molecule has 6 nitrogen and oxygen atoms in total. The summed E-state index contributed by atoms with van der Waals surface area (Å²) >= 11 is 0. The lowest BCUT2D eigenvalue weighted by atomic mass is 9.83. The molecule has 0 saturated heterocycles. The normalized spacial score (nSPS) is 23.5. The molecular weight excluding hydrogens is 272 g/mol. The first-order valence-electron chi connectivity index (χ1n) is 7.87. The number of hydrogen-bond acceptors (Lipinski definition) is 4. The number of nitrogens with two attached hydrogens (primary N) is 2. The first-order valence-corrected chi connectivity index (χ1v) is 7.87. The van der Waals surface area contributed by atoms with Gasteiger partial charge in [0, 0.05) is 0 Å². The summed E-state index contributed by atoms with van der Waals surface area (Å²) in [5, 5.41) is 17.3. The van der Waals surface area contributed by atoms with Crippen molar-refractivity contribution in [2.24, 2.45) is 17.4 Å². The Labute approximate surface area is 125 Å². The van der Waals surface area contributed by atoms with E-state index in [0.717, 1.165) is 44.9 Å². The second kappa shape index (κ2) is 8.34. The Morgan fingerprint density at radius 1 is 0.952 bits per heavy atom. The highest BCUT2D eigenvalue weighted by molar-refractivity contribution is 5.78. The highest BCUT2D eigenvalue weighted by atomic mass is 16.4. The van der Waals surface area contributed by atoms with Crippen LogP contribution in [-0.4, -0.2) is 33.7 Å². The van der Waals surface area contributed by atoms with Gasteiger partial charge in [-0.2, -0.15) is 0 Å². The monoisotopic (exact) mass is 300 g/mol. The molecule has 21 heavy (non-hydrogen) atoms. The number of hydrogen-bond donors (Lipinski definition) is 4. The van der Waals surface area contributed by atoms with Gasteiger partial charge in [0.15, 0.2) is 0 Å². The molecule has 2 rings (SSSR count). The number of carboxylic acid groups (broad SMARTS) is 2. The Hall–Kier alpha value is -1.14. The van der Waals surface area contributed by atoms with Gasteiger partial charge in [-0.15, -0.1) is 0 Å². The third-order valence-corrected chi connectivity index (χ3v) is 4.61. The third-order valence-electron chi connectivity index (χ3n) is 4.61. The van der Waals surface area contributed by atoms with Crippen LogP contribution in [0.25, 0.3) is 0 Å². The number of carbonyl (C=O) groups is 2. The van der Waals surface area contributed by atoms with Gasteiger partial charge in [-0.1, -0.05) is 38.5 Å². The summed E-state index contributed by atoms with van der Waals surface area (Å²) in [5.74, 6) is -1.47. The molecule has 122 valence electrons. The van der Waals surface area contributed by atoms with E-state index in [2.05, 4.69) is 0 Å². The van der Waals surface area contributed by atoms with Crippen LogP contribution in [0.1, 0.15) is 64.2 Å². The van der Waals surface area contributed by atoms with E-state index in [1.807, 2.05) is 0 Å². The van der Waals surface area contributed by atoms with Crippen LogP contribution in [0.5, 0.6) is 0 Å². The van der Waals surface area contributed by atoms with Crippen LogP contribution >= 0.6 is 0 Å². The van der Waals surface area contributed by atoms with Crippen molar-refractivity contribution in [1.82, 2.24) is 0 Å². The van der Waals surface area contributed by atoms with Gasteiger partial charge in [0.05, 0.1) is 0 Å². The molecule has 1 atom stereocenters. The first-order chi connectivity index (χ1) is 9.87. The maximum absolute atomic E-state index is 10.6. The quantitative estimate of drug-likeness (QED) is 0.628. The highest BCUT2D eigenvalue weighted by Gasteiger charge is 2.34. The summed E-state index contributed by atoms with van der Waals surface area (Å²) in [6, 6.07) is -0.629. The smallest absolute Gasteiger partial charge is 0.323 e. The molecule has 2 aliphatic carbocycles. The fraction of sp³-hybridized carbons (Fsp3) is 0.867. The lowest BCUT2D eigenvalue weighted by molar-refractivity contribution is -0.144. The topological polar surface area (TPSA) is 127 Å². The molecular formula is C15H28N2O4. The van der Waals surface area contributed by atoms with Gasteiger partial charge in [0.25, 0.3) is 0 Å². The molecule has 0 aliphatic heterocycles. The molecule has 0 aromatic rings. The molecule has 0 amide bonds. The molecule has 0 heterocycles. The summed E-state index contributed by atoms with van der Waals surface area (Å²) in [7, 11) is 0. The Bertz CT molecular complexity index is 348. The maximum Gasteiger partial charge on any atom is 0.323 e. The molecule has 0 aromatic carbocycles. The molecule has 1 unspecified atom stereocenters. The zero-order chi connectivity index (χ0) is 15.9. The maximum atomic E-state index is 10.6. The van der Waals surface area contributed by atoms with Crippen molar-refractivity contribution < 1.29 is 19.8 Å². The summed E-state index contributed by atoms with van der Waals surface area (Å²) < 4.78 is 0. The average molecular weight is 300 g/mol. The number of rotatable bonds is 3. The minimum Gasteiger partial charge on any atom is -0.480 e. The SMILES string of the molecule is NC(C(=O)O)C1CCCCC1.NC1(C(=O)O)CCCCC1. The minimum absolute atomic E-state index is 0.223. The van der Waals surface area contributed by atoms with Crippen molar-refractivity contribution in [2.75, 3.05) is 0 Å². The van der Waals surface area contributed by atoms with Crippen molar-refractivity contribution >= 4 is 11.9 Å². The van der Waals surface area contributed by atoms with E-state index in [4.69, 9.17) is 21.7 Å². The van der Waals surface area contributed by atoms with E-state index >= 15 is 0 Å². The molecule has 2 aliphatic rings. The summed E-state index contributed by atoms with van der Waals surface area (Å²) in [6.45, 7) is 0. The molecule has 6 N–H and O–H groups in total.